The van der Waals surface area contributed by atoms with Crippen molar-refractivity contribution >= 4 is 61.1 Å². The SMILES string of the molecule is C1[SiH2][SiH2][SiH2][SiH2]1.CC1C[SiH](C)[SiH2][SiH2]1. The van der Waals surface area contributed by atoms with E-state index in [1.54, 1.807) is 6.04 Å². The molecular weight excluding hydrogens is 257 g/mol. The van der Waals surface area contributed by atoms with Crippen molar-refractivity contribution in [1.82, 2.24) is 0 Å². The van der Waals surface area contributed by atoms with Gasteiger partial charge in [-0.2, -0.15) is 0 Å². The Labute approximate surface area is 91.6 Å². The molecule has 2 aliphatic heterocycles. The van der Waals surface area contributed by atoms with Crippen LogP contribution in [0.2, 0.25) is 23.8 Å². The summed E-state index contributed by atoms with van der Waals surface area (Å²) in [5.41, 5.74) is 3.19. The van der Waals surface area contributed by atoms with E-state index in [1.807, 2.05) is 5.67 Å². The predicted molar refractivity (Wildman–Crippen MR) is 83.3 cm³/mol. The molecule has 2 unspecified atom stereocenters. The summed E-state index contributed by atoms with van der Waals surface area (Å²) in [5.74, 6) is 0. The van der Waals surface area contributed by atoms with Gasteiger partial charge in [0.25, 0.3) is 0 Å². The Bertz CT molecular complexity index is 98.8. The van der Waals surface area contributed by atoms with Crippen molar-refractivity contribution in [3.63, 3.8) is 0 Å². The molecule has 12 heavy (non-hydrogen) atoms. The molecular formula is C5H24Si7. The van der Waals surface area contributed by atoms with Crippen molar-refractivity contribution in [2.45, 2.75) is 30.7 Å². The van der Waals surface area contributed by atoms with Crippen molar-refractivity contribution in [2.75, 3.05) is 0 Å². The molecule has 0 aromatic heterocycles. The van der Waals surface area contributed by atoms with E-state index in [4.69, 9.17) is 0 Å². The highest BCUT2D eigenvalue weighted by atomic mass is 29.7. The van der Waals surface area contributed by atoms with Crippen LogP contribution in [-0.4, -0.2) is 61.1 Å². The van der Waals surface area contributed by atoms with Crippen LogP contribution in [0.3, 0.4) is 0 Å². The van der Waals surface area contributed by atoms with Gasteiger partial charge in [-0.05, 0) is 17.1 Å². The minimum absolute atomic E-state index is 0.0934. The highest BCUT2D eigenvalue weighted by Gasteiger charge is 2.18. The van der Waals surface area contributed by atoms with E-state index in [0.29, 0.717) is 17.6 Å². The van der Waals surface area contributed by atoms with Gasteiger partial charge in [-0.1, -0.05) is 30.7 Å². The topological polar surface area (TPSA) is 0 Å². The van der Waals surface area contributed by atoms with Crippen molar-refractivity contribution in [2.24, 2.45) is 0 Å². The molecule has 0 N–H and O–H groups in total. The summed E-state index contributed by atoms with van der Waals surface area (Å²) in [6.07, 6.45) is 0. The molecule has 0 aliphatic carbocycles. The third-order valence-corrected chi connectivity index (χ3v) is 73.9. The predicted octanol–water partition coefficient (Wildman–Crippen LogP) is -3.79. The second kappa shape index (κ2) is 6.90. The summed E-state index contributed by atoms with van der Waals surface area (Å²) < 4.78 is 0. The fraction of sp³-hybridized carbons (Fsp3) is 1.00. The molecule has 0 radical (unpaired) electrons. The van der Waals surface area contributed by atoms with E-state index in [1.165, 1.54) is 5.54 Å². The van der Waals surface area contributed by atoms with Crippen LogP contribution in [0.5, 0.6) is 0 Å². The zero-order chi connectivity index (χ0) is 8.81. The maximum absolute atomic E-state index is 2.59. The molecule has 0 bridgehead atoms. The Morgan fingerprint density at radius 3 is 2.08 bits per heavy atom. The number of hydrogen-bond donors (Lipinski definition) is 0. The Kier molecular flexibility index (Phi) is 6.66. The highest BCUT2D eigenvalue weighted by Crippen LogP contribution is 2.16. The van der Waals surface area contributed by atoms with Crippen molar-refractivity contribution in [3.05, 3.63) is 0 Å². The lowest BCUT2D eigenvalue weighted by atomic mass is 10.6. The fourth-order valence-corrected chi connectivity index (χ4v) is 100. The number of rotatable bonds is 0. The minimum Gasteiger partial charge on any atom is -0.0771 e. The molecule has 0 saturated carbocycles. The smallest absolute Gasteiger partial charge is 0.0179 e. The molecule has 2 atom stereocenters. The van der Waals surface area contributed by atoms with Crippen molar-refractivity contribution < 1.29 is 0 Å². The van der Waals surface area contributed by atoms with Gasteiger partial charge in [-0.3, -0.25) is 0 Å². The van der Waals surface area contributed by atoms with E-state index in [-0.39, 0.29) is 8.31 Å². The maximum Gasteiger partial charge on any atom is 0.0179 e. The molecule has 72 valence electrons. The van der Waals surface area contributed by atoms with Crippen LogP contribution in [0.25, 0.3) is 0 Å². The van der Waals surface area contributed by atoms with Gasteiger partial charge in [0.1, 0.15) is 0 Å². The Morgan fingerprint density at radius 1 is 1.25 bits per heavy atom. The lowest BCUT2D eigenvalue weighted by molar-refractivity contribution is 1.06. The van der Waals surface area contributed by atoms with Gasteiger partial charge in [0.05, 0.1) is 0 Å². The van der Waals surface area contributed by atoms with E-state index in [9.17, 15) is 0 Å². The minimum atomic E-state index is 0.0934. The first-order valence-corrected chi connectivity index (χ1v) is 29.8. The third-order valence-electron chi connectivity index (χ3n) is 3.21. The van der Waals surface area contributed by atoms with Crippen LogP contribution in [0.15, 0.2) is 0 Å². The zero-order valence-electron chi connectivity index (χ0n) is 8.81. The average molecular weight is 281 g/mol. The molecule has 0 aromatic rings. The number of hydrogen-bond acceptors (Lipinski definition) is 0. The van der Waals surface area contributed by atoms with E-state index in [0.717, 1.165) is 35.2 Å². The summed E-state index contributed by atoms with van der Waals surface area (Å²) in [5, 5.41) is 0. The first-order valence-electron chi connectivity index (χ1n) is 5.79. The zero-order valence-corrected chi connectivity index (χ0v) is 18.5. The first-order chi connectivity index (χ1) is 5.79. The van der Waals surface area contributed by atoms with E-state index in [2.05, 4.69) is 13.5 Å². The van der Waals surface area contributed by atoms with E-state index < -0.39 is 0 Å². The summed E-state index contributed by atoms with van der Waals surface area (Å²) in [6.45, 7) is 5.07. The van der Waals surface area contributed by atoms with Crippen molar-refractivity contribution in [1.29, 1.82) is 0 Å². The van der Waals surface area contributed by atoms with Gasteiger partial charge in [0.2, 0.25) is 0 Å². The highest BCUT2D eigenvalue weighted by molar-refractivity contribution is 7.51. The largest absolute Gasteiger partial charge is 0.0771 e. The van der Waals surface area contributed by atoms with Gasteiger partial charge < -0.3 is 0 Å². The molecule has 2 fully saturated rings. The van der Waals surface area contributed by atoms with Gasteiger partial charge in [0, 0.05) is 44.0 Å². The van der Waals surface area contributed by atoms with Crippen LogP contribution in [0.4, 0.5) is 0 Å². The molecule has 0 nitrogen and oxygen atoms in total. The Morgan fingerprint density at radius 2 is 1.92 bits per heavy atom. The van der Waals surface area contributed by atoms with Gasteiger partial charge in [-0.15, -0.1) is 0 Å². The van der Waals surface area contributed by atoms with Crippen molar-refractivity contribution in [3.8, 4) is 0 Å². The molecule has 0 spiro atoms. The van der Waals surface area contributed by atoms with Crippen LogP contribution in [0.1, 0.15) is 6.92 Å². The molecule has 2 aliphatic rings. The lowest BCUT2D eigenvalue weighted by Gasteiger charge is -1.95. The molecule has 2 heterocycles. The van der Waals surface area contributed by atoms with E-state index >= 15 is 0 Å². The van der Waals surface area contributed by atoms with Crippen LogP contribution >= 0.6 is 0 Å². The Balaban J connectivity index is 0.000000127. The summed E-state index contributed by atoms with van der Waals surface area (Å²) >= 11 is 0. The van der Waals surface area contributed by atoms with Gasteiger partial charge in [0.15, 0.2) is 0 Å². The summed E-state index contributed by atoms with van der Waals surface area (Å²) in [7, 11) is 4.79. The quantitative estimate of drug-likeness (QED) is 0.400. The fourth-order valence-electron chi connectivity index (χ4n) is 2.38. The third kappa shape index (κ3) is 5.29. The average Bonchev–Trinajstić information content (AvgIpc) is 2.63. The molecule has 2 rings (SSSR count). The van der Waals surface area contributed by atoms with Crippen LogP contribution in [-0.2, 0) is 0 Å². The first kappa shape index (κ1) is 11.6. The lowest BCUT2D eigenvalue weighted by Crippen LogP contribution is -2.11. The molecule has 7 heteroatoms. The van der Waals surface area contributed by atoms with Crippen LogP contribution < -0.4 is 0 Å². The normalized spacial score (nSPS) is 46.5. The second-order valence-electron chi connectivity index (χ2n) is 4.79. The molecule has 0 aromatic carbocycles. The second-order valence-corrected chi connectivity index (χ2v) is 49.7. The van der Waals surface area contributed by atoms with Crippen LogP contribution in [0, 0.1) is 0 Å². The maximum atomic E-state index is 2.59. The monoisotopic (exact) mass is 280 g/mol. The van der Waals surface area contributed by atoms with Gasteiger partial charge >= 0.3 is 0 Å². The summed E-state index contributed by atoms with van der Waals surface area (Å²) in [6, 6.07) is 1.73. The molecule has 0 amide bonds. The van der Waals surface area contributed by atoms with Gasteiger partial charge in [-0.25, -0.2) is 0 Å². The Hall–Kier alpha value is 1.52. The summed E-state index contributed by atoms with van der Waals surface area (Å²) in [4.78, 5) is 0. The molecule has 2 saturated heterocycles. The standard InChI is InChI=1S/C4H14Si3.CH10Si4/c1-4-3-7(2)6-5-4;1-2-4-5-3-1/h4,7H,3,5-6H2,1-2H3;1-5H2.